The van der Waals surface area contributed by atoms with E-state index in [4.69, 9.17) is 0 Å². The summed E-state index contributed by atoms with van der Waals surface area (Å²) in [5.74, 6) is -0.235. The molecular formula is C21H20N4O3. The lowest BCUT2D eigenvalue weighted by Crippen LogP contribution is -2.53. The molecule has 1 aromatic carbocycles. The van der Waals surface area contributed by atoms with E-state index in [9.17, 15) is 14.7 Å². The number of hydrogen-bond acceptors (Lipinski definition) is 5. The van der Waals surface area contributed by atoms with Gasteiger partial charge >= 0.3 is 0 Å². The summed E-state index contributed by atoms with van der Waals surface area (Å²) in [4.78, 5) is 37.1. The average Bonchev–Trinajstić information content (AvgIpc) is 3.14. The zero-order chi connectivity index (χ0) is 19.3. The first-order valence-electron chi connectivity index (χ1n) is 9.50. The molecule has 7 heteroatoms. The van der Waals surface area contributed by atoms with Gasteiger partial charge in [0.05, 0.1) is 11.4 Å². The van der Waals surface area contributed by atoms with Gasteiger partial charge in [-0.2, -0.15) is 0 Å². The Bertz CT molecular complexity index is 975. The van der Waals surface area contributed by atoms with Crippen molar-refractivity contribution >= 4 is 28.8 Å². The van der Waals surface area contributed by atoms with Crippen LogP contribution in [0.3, 0.4) is 0 Å². The van der Waals surface area contributed by atoms with Gasteiger partial charge in [0.15, 0.2) is 0 Å². The van der Waals surface area contributed by atoms with Crippen LogP contribution < -0.4 is 0 Å². The largest absolute Gasteiger partial charge is 0.380 e. The van der Waals surface area contributed by atoms with E-state index >= 15 is 0 Å². The van der Waals surface area contributed by atoms with Gasteiger partial charge < -0.3 is 14.9 Å². The summed E-state index contributed by atoms with van der Waals surface area (Å²) >= 11 is 0. The standard InChI is InChI=1S/C21H20N4O3/c26-19(24-9-11-25(12-10-24)20(27)21(28)6-7-21)15-3-1-14(2-4-15)16-13-23-17-5-8-22-18(16)17/h1-5,8,13,28H,6-7,9-12H2. The fraction of sp³-hybridized carbons (Fsp3) is 0.333. The molecule has 0 atom stereocenters. The van der Waals surface area contributed by atoms with Gasteiger partial charge in [0, 0.05) is 49.7 Å². The van der Waals surface area contributed by atoms with Crippen molar-refractivity contribution in [1.29, 1.82) is 0 Å². The molecule has 1 aliphatic carbocycles. The normalized spacial score (nSPS) is 21.8. The fourth-order valence-electron chi connectivity index (χ4n) is 3.76. The Kier molecular flexibility index (Phi) is 3.80. The molecule has 4 aliphatic rings. The summed E-state index contributed by atoms with van der Waals surface area (Å²) in [6.45, 7) is 1.88. The molecule has 0 spiro atoms. The van der Waals surface area contributed by atoms with Gasteiger partial charge in [-0.15, -0.1) is 0 Å². The van der Waals surface area contributed by atoms with E-state index in [2.05, 4.69) is 9.98 Å². The molecule has 1 aromatic rings. The molecule has 1 saturated heterocycles. The lowest BCUT2D eigenvalue weighted by molar-refractivity contribution is -0.143. The smallest absolute Gasteiger partial charge is 0.254 e. The highest BCUT2D eigenvalue weighted by Crippen LogP contribution is 2.37. The molecule has 3 aliphatic heterocycles. The maximum atomic E-state index is 12.8. The Labute approximate surface area is 162 Å². The third-order valence-electron chi connectivity index (χ3n) is 5.69. The van der Waals surface area contributed by atoms with Crippen molar-refractivity contribution in [2.75, 3.05) is 26.2 Å². The molecule has 1 saturated carbocycles. The molecule has 28 heavy (non-hydrogen) atoms. The van der Waals surface area contributed by atoms with E-state index in [1.165, 1.54) is 0 Å². The number of hydrogen-bond donors (Lipinski definition) is 1. The van der Waals surface area contributed by atoms with Crippen molar-refractivity contribution < 1.29 is 14.7 Å². The quantitative estimate of drug-likeness (QED) is 0.862. The number of rotatable bonds is 3. The number of aliphatic imine (C=N–C) groups is 2. The Hall–Kier alpha value is -3.06. The molecule has 142 valence electrons. The third kappa shape index (κ3) is 2.79. The van der Waals surface area contributed by atoms with Gasteiger partial charge in [-0.1, -0.05) is 12.1 Å². The van der Waals surface area contributed by atoms with Crippen molar-refractivity contribution in [3.05, 3.63) is 53.9 Å². The van der Waals surface area contributed by atoms with Gasteiger partial charge in [-0.05, 0) is 36.6 Å². The first kappa shape index (κ1) is 17.1. The van der Waals surface area contributed by atoms with Gasteiger partial charge in [0.2, 0.25) is 0 Å². The van der Waals surface area contributed by atoms with Crippen molar-refractivity contribution in [2.45, 2.75) is 18.4 Å². The van der Waals surface area contributed by atoms with E-state index in [-0.39, 0.29) is 11.8 Å². The lowest BCUT2D eigenvalue weighted by atomic mass is 10.00. The molecule has 0 unspecified atom stereocenters. The summed E-state index contributed by atoms with van der Waals surface area (Å²) in [5, 5.41) is 9.98. The van der Waals surface area contributed by atoms with E-state index < -0.39 is 5.60 Å². The molecule has 0 radical (unpaired) electrons. The van der Waals surface area contributed by atoms with Crippen LogP contribution in [0.1, 0.15) is 28.8 Å². The van der Waals surface area contributed by atoms with E-state index in [1.54, 1.807) is 22.2 Å². The van der Waals surface area contributed by atoms with Crippen LogP contribution in [-0.4, -0.2) is 69.9 Å². The zero-order valence-corrected chi connectivity index (χ0v) is 15.3. The summed E-state index contributed by atoms with van der Waals surface area (Å²) < 4.78 is 0. The van der Waals surface area contributed by atoms with Crippen LogP contribution in [-0.2, 0) is 4.79 Å². The lowest BCUT2D eigenvalue weighted by Gasteiger charge is -2.35. The van der Waals surface area contributed by atoms with Crippen LogP contribution in [0.4, 0.5) is 0 Å². The van der Waals surface area contributed by atoms with Crippen LogP contribution in [0.2, 0.25) is 0 Å². The van der Waals surface area contributed by atoms with Crippen molar-refractivity contribution in [2.24, 2.45) is 9.98 Å². The highest BCUT2D eigenvalue weighted by molar-refractivity contribution is 6.63. The fourth-order valence-corrected chi connectivity index (χ4v) is 3.76. The minimum absolute atomic E-state index is 0.0407. The summed E-state index contributed by atoms with van der Waals surface area (Å²) in [6, 6.07) is 7.48. The van der Waals surface area contributed by atoms with Crippen LogP contribution in [0.5, 0.6) is 0 Å². The van der Waals surface area contributed by atoms with Gasteiger partial charge in [0.25, 0.3) is 11.8 Å². The molecule has 7 nitrogen and oxygen atoms in total. The Morgan fingerprint density at radius 3 is 2.32 bits per heavy atom. The predicted molar refractivity (Wildman–Crippen MR) is 105 cm³/mol. The van der Waals surface area contributed by atoms with Crippen molar-refractivity contribution in [3.8, 4) is 0 Å². The van der Waals surface area contributed by atoms with Crippen molar-refractivity contribution in [1.82, 2.24) is 9.80 Å². The number of amides is 2. The molecule has 2 amide bonds. The number of benzene rings is 1. The summed E-state index contributed by atoms with van der Waals surface area (Å²) in [5.41, 5.74) is 3.17. The predicted octanol–water partition coefficient (Wildman–Crippen LogP) is 1.26. The first-order chi connectivity index (χ1) is 13.5. The number of nitrogens with zero attached hydrogens (tertiary/aromatic N) is 4. The van der Waals surface area contributed by atoms with Crippen LogP contribution in [0.25, 0.3) is 5.57 Å². The number of carbonyl (C=O) groups excluding carboxylic acids is 2. The molecule has 1 N–H and O–H groups in total. The van der Waals surface area contributed by atoms with E-state index in [1.807, 2.05) is 30.3 Å². The molecular weight excluding hydrogens is 356 g/mol. The van der Waals surface area contributed by atoms with Crippen molar-refractivity contribution in [3.63, 3.8) is 0 Å². The van der Waals surface area contributed by atoms with E-state index in [0.29, 0.717) is 44.6 Å². The topological polar surface area (TPSA) is 85.6 Å². The summed E-state index contributed by atoms with van der Waals surface area (Å²) in [6.07, 6.45) is 6.51. The van der Waals surface area contributed by atoms with Gasteiger partial charge in [-0.25, -0.2) is 0 Å². The molecule has 2 fully saturated rings. The number of aliphatic hydroxyl groups is 1. The van der Waals surface area contributed by atoms with Crippen LogP contribution >= 0.6 is 0 Å². The Balaban J connectivity index is 1.22. The Morgan fingerprint density at radius 2 is 1.64 bits per heavy atom. The number of piperazine rings is 1. The maximum Gasteiger partial charge on any atom is 0.254 e. The van der Waals surface area contributed by atoms with Gasteiger partial charge in [-0.3, -0.25) is 19.6 Å². The second kappa shape index (κ2) is 6.24. The average molecular weight is 376 g/mol. The van der Waals surface area contributed by atoms with Crippen LogP contribution in [0.15, 0.2) is 52.7 Å². The second-order valence-electron chi connectivity index (χ2n) is 7.54. The number of carbonyl (C=O) groups is 2. The summed E-state index contributed by atoms with van der Waals surface area (Å²) in [7, 11) is 0. The monoisotopic (exact) mass is 376 g/mol. The van der Waals surface area contributed by atoms with E-state index in [0.717, 1.165) is 22.6 Å². The van der Waals surface area contributed by atoms with Crippen LogP contribution in [0, 0.1) is 0 Å². The molecule has 0 aromatic heterocycles. The Morgan fingerprint density at radius 1 is 0.964 bits per heavy atom. The minimum Gasteiger partial charge on any atom is -0.380 e. The molecule has 5 rings (SSSR count). The van der Waals surface area contributed by atoms with Gasteiger partial charge in [0.1, 0.15) is 5.60 Å². The minimum atomic E-state index is -1.14. The zero-order valence-electron chi connectivity index (χ0n) is 15.3. The molecule has 0 bridgehead atoms. The first-order valence-corrected chi connectivity index (χ1v) is 9.50. The molecule has 3 heterocycles. The third-order valence-corrected chi connectivity index (χ3v) is 5.69. The second-order valence-corrected chi connectivity index (χ2v) is 7.54. The highest BCUT2D eigenvalue weighted by atomic mass is 16.3. The number of allylic oxidation sites excluding steroid dienone is 2. The SMILES string of the molecule is O=C(c1ccc(C2=CN=C3C=CN=C23)cc1)N1CCN(C(=O)C2(O)CC2)CC1. The number of fused-ring (bicyclic) bond motifs is 1. The maximum absolute atomic E-state index is 12.8. The highest BCUT2D eigenvalue weighted by Gasteiger charge is 2.50.